The molecule has 0 heterocycles. The number of rotatable bonds is 9. The van der Waals surface area contributed by atoms with Gasteiger partial charge >= 0.3 is 0 Å². The summed E-state index contributed by atoms with van der Waals surface area (Å²) in [6, 6.07) is 16.9. The van der Waals surface area contributed by atoms with Crippen molar-refractivity contribution >= 4 is 0 Å². The van der Waals surface area contributed by atoms with E-state index in [4.69, 9.17) is 5.26 Å². The molecule has 0 saturated carbocycles. The third-order valence-corrected chi connectivity index (χ3v) is 5.80. The maximum Gasteiger partial charge on any atom is 0.192 e. The number of alkyl halides is 1. The van der Waals surface area contributed by atoms with Gasteiger partial charge in [-0.1, -0.05) is 93.6 Å². The zero-order valence-electron chi connectivity index (χ0n) is 17.6. The van der Waals surface area contributed by atoms with Crippen molar-refractivity contribution in [1.29, 1.82) is 5.26 Å². The molecule has 0 spiro atoms. The Kier molecular flexibility index (Phi) is 7.57. The Morgan fingerprint density at radius 1 is 1.00 bits per heavy atom. The van der Waals surface area contributed by atoms with Gasteiger partial charge in [0.15, 0.2) is 11.5 Å². The number of halogens is 2. The topological polar surface area (TPSA) is 23.8 Å². The molecule has 2 aromatic rings. The van der Waals surface area contributed by atoms with Crippen LogP contribution in [0, 0.1) is 11.3 Å². The van der Waals surface area contributed by atoms with Gasteiger partial charge < -0.3 is 0 Å². The van der Waals surface area contributed by atoms with Crippen molar-refractivity contribution in [2.45, 2.75) is 64.0 Å². The number of unbranched alkanes of at least 4 members (excludes halogenated alkanes) is 5. The van der Waals surface area contributed by atoms with Crippen LogP contribution in [0.5, 0.6) is 0 Å². The normalized spacial score (nSPS) is 18.5. The first kappa shape index (κ1) is 22.0. The third kappa shape index (κ3) is 4.87. The third-order valence-electron chi connectivity index (χ3n) is 5.80. The smallest absolute Gasteiger partial charge is 0.192 e. The van der Waals surface area contributed by atoms with Gasteiger partial charge in [0.05, 0.1) is 5.57 Å². The lowest BCUT2D eigenvalue weighted by Crippen LogP contribution is -2.24. The molecule has 1 aliphatic rings. The van der Waals surface area contributed by atoms with Crippen LogP contribution in [0.2, 0.25) is 0 Å². The van der Waals surface area contributed by atoms with E-state index in [9.17, 15) is 4.39 Å². The van der Waals surface area contributed by atoms with Gasteiger partial charge in [0.1, 0.15) is 6.07 Å². The molecule has 3 rings (SSSR count). The van der Waals surface area contributed by atoms with Gasteiger partial charge in [-0.25, -0.2) is 8.78 Å². The number of hydrogen-bond donors (Lipinski definition) is 0. The zero-order valence-corrected chi connectivity index (χ0v) is 17.6. The number of nitriles is 1. The monoisotopic (exact) mass is 405 g/mol. The lowest BCUT2D eigenvalue weighted by atomic mass is 9.81. The summed E-state index contributed by atoms with van der Waals surface area (Å²) in [6.07, 6.45) is 11.2. The van der Waals surface area contributed by atoms with Crippen molar-refractivity contribution in [1.82, 2.24) is 0 Å². The Bertz CT molecular complexity index is 967. The van der Waals surface area contributed by atoms with Crippen molar-refractivity contribution in [2.24, 2.45) is 0 Å². The molecule has 0 fully saturated rings. The van der Waals surface area contributed by atoms with Crippen LogP contribution in [-0.4, -0.2) is 0 Å². The summed E-state index contributed by atoms with van der Waals surface area (Å²) in [4.78, 5) is 0. The van der Waals surface area contributed by atoms with Crippen LogP contribution in [0.15, 0.2) is 72.1 Å². The van der Waals surface area contributed by atoms with Crippen LogP contribution in [0.4, 0.5) is 8.78 Å². The maximum atomic E-state index is 15.9. The highest BCUT2D eigenvalue weighted by molar-refractivity contribution is 5.70. The van der Waals surface area contributed by atoms with E-state index in [1.165, 1.54) is 49.8 Å². The summed E-state index contributed by atoms with van der Waals surface area (Å²) in [6.45, 7) is 2.22. The molecule has 0 aliphatic heterocycles. The second kappa shape index (κ2) is 10.3. The van der Waals surface area contributed by atoms with Gasteiger partial charge in [-0.05, 0) is 35.6 Å². The summed E-state index contributed by atoms with van der Waals surface area (Å²) >= 11 is 0. The molecule has 156 valence electrons. The molecule has 0 radical (unpaired) electrons. The summed E-state index contributed by atoms with van der Waals surface area (Å²) in [7, 11) is 0. The zero-order chi connectivity index (χ0) is 21.4. The van der Waals surface area contributed by atoms with E-state index >= 15 is 4.39 Å². The van der Waals surface area contributed by atoms with E-state index < -0.39 is 11.5 Å². The second-order valence-corrected chi connectivity index (χ2v) is 8.01. The van der Waals surface area contributed by atoms with Crippen molar-refractivity contribution in [2.75, 3.05) is 0 Å². The van der Waals surface area contributed by atoms with Crippen LogP contribution < -0.4 is 0 Å². The molecule has 3 heteroatoms. The molecule has 30 heavy (non-hydrogen) atoms. The van der Waals surface area contributed by atoms with Gasteiger partial charge in [-0.3, -0.25) is 0 Å². The molecule has 1 aliphatic carbocycles. The van der Waals surface area contributed by atoms with Gasteiger partial charge in [0.2, 0.25) is 0 Å². The highest BCUT2D eigenvalue weighted by Crippen LogP contribution is 2.46. The minimum absolute atomic E-state index is 0.113. The van der Waals surface area contributed by atoms with Crippen LogP contribution in [0.25, 0.3) is 11.1 Å². The van der Waals surface area contributed by atoms with E-state index in [1.54, 1.807) is 18.2 Å². The molecule has 0 N–H and O–H groups in total. The van der Waals surface area contributed by atoms with Crippen LogP contribution in [-0.2, 0) is 12.1 Å². The summed E-state index contributed by atoms with van der Waals surface area (Å²) < 4.78 is 30.8. The van der Waals surface area contributed by atoms with E-state index in [0.717, 1.165) is 18.4 Å². The SMILES string of the molecule is CCCCCCCCc1cccc(-c2ccccc2C2(F)CC=CC(C#N)=C2F)c1. The Morgan fingerprint density at radius 3 is 2.57 bits per heavy atom. The summed E-state index contributed by atoms with van der Waals surface area (Å²) in [5, 5.41) is 9.15. The number of hydrogen-bond acceptors (Lipinski definition) is 1. The molecule has 1 nitrogen and oxygen atoms in total. The average molecular weight is 406 g/mol. The molecule has 2 aromatic carbocycles. The Balaban J connectivity index is 1.84. The predicted octanol–water partition coefficient (Wildman–Crippen LogP) is 8.13. The van der Waals surface area contributed by atoms with Gasteiger partial charge in [0.25, 0.3) is 0 Å². The van der Waals surface area contributed by atoms with Crippen LogP contribution in [0.3, 0.4) is 0 Å². The highest BCUT2D eigenvalue weighted by atomic mass is 19.2. The molecule has 1 atom stereocenters. The molecular formula is C27H29F2N. The molecular weight excluding hydrogens is 376 g/mol. The van der Waals surface area contributed by atoms with Crippen LogP contribution >= 0.6 is 0 Å². The molecule has 0 saturated heterocycles. The first-order chi connectivity index (χ1) is 14.6. The number of nitrogens with zero attached hydrogens (tertiary/aromatic N) is 1. The fourth-order valence-electron chi connectivity index (χ4n) is 4.11. The predicted molar refractivity (Wildman–Crippen MR) is 119 cm³/mol. The van der Waals surface area contributed by atoms with Crippen molar-refractivity contribution in [3.05, 3.63) is 83.2 Å². The van der Waals surface area contributed by atoms with Crippen molar-refractivity contribution in [3.63, 3.8) is 0 Å². The molecule has 0 amide bonds. The second-order valence-electron chi connectivity index (χ2n) is 8.01. The Hall–Kier alpha value is -2.73. The highest BCUT2D eigenvalue weighted by Gasteiger charge is 2.41. The number of benzene rings is 2. The average Bonchev–Trinajstić information content (AvgIpc) is 2.78. The Morgan fingerprint density at radius 2 is 1.77 bits per heavy atom. The first-order valence-electron chi connectivity index (χ1n) is 10.9. The van der Waals surface area contributed by atoms with E-state index in [1.807, 2.05) is 24.3 Å². The van der Waals surface area contributed by atoms with Crippen molar-refractivity contribution < 1.29 is 8.78 Å². The molecule has 0 bridgehead atoms. The quantitative estimate of drug-likeness (QED) is 0.386. The fourth-order valence-corrected chi connectivity index (χ4v) is 4.11. The minimum atomic E-state index is -2.31. The van der Waals surface area contributed by atoms with E-state index in [0.29, 0.717) is 5.56 Å². The lowest BCUT2D eigenvalue weighted by molar-refractivity contribution is 0.176. The summed E-state index contributed by atoms with van der Waals surface area (Å²) in [5.41, 5.74) is 0.486. The van der Waals surface area contributed by atoms with Gasteiger partial charge in [0, 0.05) is 12.0 Å². The van der Waals surface area contributed by atoms with Gasteiger partial charge in [-0.2, -0.15) is 5.26 Å². The molecule has 0 aromatic heterocycles. The van der Waals surface area contributed by atoms with E-state index in [-0.39, 0.29) is 17.6 Å². The van der Waals surface area contributed by atoms with Gasteiger partial charge in [-0.15, -0.1) is 0 Å². The largest absolute Gasteiger partial charge is 0.230 e. The standard InChI is InChI=1S/C27H29F2N/c1-2-3-4-5-6-7-12-21-13-10-14-22(19-21)24-16-8-9-17-25(24)27(29)18-11-15-23(20-30)26(27)28/h8-11,13-17,19H,2-7,12,18H2,1H3. The summed E-state index contributed by atoms with van der Waals surface area (Å²) in [5.74, 6) is -0.997. The Labute approximate surface area is 178 Å². The first-order valence-corrected chi connectivity index (χ1v) is 10.9. The number of allylic oxidation sites excluding steroid dienone is 4. The molecule has 1 unspecified atom stereocenters. The number of aryl methyl sites for hydroxylation is 1. The lowest BCUT2D eigenvalue weighted by Gasteiger charge is -2.28. The maximum absolute atomic E-state index is 15.9. The van der Waals surface area contributed by atoms with Crippen molar-refractivity contribution in [3.8, 4) is 17.2 Å². The van der Waals surface area contributed by atoms with E-state index in [2.05, 4.69) is 19.1 Å². The minimum Gasteiger partial charge on any atom is -0.230 e. The van der Waals surface area contributed by atoms with Crippen LogP contribution in [0.1, 0.15) is 63.0 Å². The fraction of sp³-hybridized carbons (Fsp3) is 0.370.